The van der Waals surface area contributed by atoms with E-state index in [2.05, 4.69) is 11.2 Å². The predicted molar refractivity (Wildman–Crippen MR) is 53.1 cm³/mol. The normalized spacial score (nSPS) is 11.3. The monoisotopic (exact) mass is 197 g/mol. The molecule has 0 aromatic rings. The highest BCUT2D eigenvalue weighted by molar-refractivity contribution is 5.87. The quantitative estimate of drug-likeness (QED) is 0.541. The Morgan fingerprint density at radius 2 is 2.21 bits per heavy atom. The second-order valence-corrected chi connectivity index (χ2v) is 2.88. The van der Waals surface area contributed by atoms with Crippen LogP contribution in [-0.4, -0.2) is 43.4 Å². The third kappa shape index (κ3) is 3.92. The molecule has 0 saturated heterocycles. The topological polar surface area (TPSA) is 75.4 Å². The Kier molecular flexibility index (Phi) is 5.34. The molecule has 0 fully saturated rings. The molecule has 0 saturated carbocycles. The van der Waals surface area contributed by atoms with Gasteiger partial charge in [0.05, 0.1) is 12.6 Å². The number of amides is 2. The van der Waals surface area contributed by atoms with Gasteiger partial charge in [0.25, 0.3) is 0 Å². The molecule has 2 amide bonds. The second-order valence-electron chi connectivity index (χ2n) is 2.88. The van der Waals surface area contributed by atoms with Gasteiger partial charge in [-0.3, -0.25) is 9.59 Å². The zero-order valence-electron chi connectivity index (χ0n) is 8.41. The maximum Gasteiger partial charge on any atom is 0.240 e. The van der Waals surface area contributed by atoms with Gasteiger partial charge in [-0.2, -0.15) is 0 Å². The molecule has 14 heavy (non-hydrogen) atoms. The van der Waals surface area contributed by atoms with Gasteiger partial charge in [0.2, 0.25) is 11.8 Å². The fourth-order valence-electron chi connectivity index (χ4n) is 0.870. The number of nitrogens with two attached hydrogens (primary N) is 1. The summed E-state index contributed by atoms with van der Waals surface area (Å²) in [6.07, 6.45) is 5.19. The molecule has 0 heterocycles. The Hall–Kier alpha value is -1.54. The van der Waals surface area contributed by atoms with Crippen molar-refractivity contribution in [2.75, 3.05) is 20.6 Å². The zero-order valence-corrected chi connectivity index (χ0v) is 8.41. The van der Waals surface area contributed by atoms with E-state index in [-0.39, 0.29) is 24.8 Å². The molecule has 1 unspecified atom stereocenters. The van der Waals surface area contributed by atoms with Crippen LogP contribution in [0.25, 0.3) is 0 Å². The van der Waals surface area contributed by atoms with Crippen LogP contribution in [0.4, 0.5) is 0 Å². The van der Waals surface area contributed by atoms with E-state index < -0.39 is 6.04 Å². The van der Waals surface area contributed by atoms with E-state index in [0.717, 1.165) is 0 Å². The molecule has 0 aliphatic carbocycles. The second kappa shape index (κ2) is 6.00. The largest absolute Gasteiger partial charge is 0.358 e. The molecular weight excluding hydrogens is 182 g/mol. The molecule has 1 atom stereocenters. The Labute approximate surface area is 83.6 Å². The Bertz CT molecular complexity index is 257. The van der Waals surface area contributed by atoms with E-state index in [4.69, 9.17) is 12.2 Å². The Morgan fingerprint density at radius 3 is 2.64 bits per heavy atom. The van der Waals surface area contributed by atoms with Gasteiger partial charge < -0.3 is 16.0 Å². The van der Waals surface area contributed by atoms with E-state index >= 15 is 0 Å². The molecule has 78 valence electrons. The van der Waals surface area contributed by atoms with Crippen LogP contribution in [0.2, 0.25) is 0 Å². The predicted octanol–water partition coefficient (Wildman–Crippen LogP) is -1.46. The van der Waals surface area contributed by atoms with E-state index in [0.29, 0.717) is 0 Å². The smallest absolute Gasteiger partial charge is 0.240 e. The summed E-state index contributed by atoms with van der Waals surface area (Å²) >= 11 is 0. The van der Waals surface area contributed by atoms with Crippen LogP contribution in [0.5, 0.6) is 0 Å². The molecule has 0 rings (SSSR count). The Balaban J connectivity index is 4.12. The minimum absolute atomic E-state index is 0.00634. The summed E-state index contributed by atoms with van der Waals surface area (Å²) in [6.45, 7) is -0.00634. The molecule has 0 aromatic carbocycles. The number of carbonyl (C=O) groups is 2. The van der Waals surface area contributed by atoms with E-state index in [9.17, 15) is 9.59 Å². The summed E-state index contributed by atoms with van der Waals surface area (Å²) in [7, 11) is 3.01. The van der Waals surface area contributed by atoms with Crippen LogP contribution in [0.15, 0.2) is 0 Å². The van der Waals surface area contributed by atoms with Crippen molar-refractivity contribution in [2.24, 2.45) is 5.73 Å². The standard InChI is InChI=1S/C9H15N3O2/c1-4-5-7(10)9(14)12(3)6-8(13)11-2/h1,7H,5-6,10H2,2-3H3,(H,11,13). The van der Waals surface area contributed by atoms with Crippen LogP contribution in [0.3, 0.4) is 0 Å². The summed E-state index contributed by atoms with van der Waals surface area (Å²) in [4.78, 5) is 23.6. The number of likely N-dealkylation sites (N-methyl/N-ethyl adjacent to an activating group) is 2. The average Bonchev–Trinajstić information content (AvgIpc) is 2.16. The molecule has 3 N–H and O–H groups in total. The van der Waals surface area contributed by atoms with Crippen LogP contribution < -0.4 is 11.1 Å². The van der Waals surface area contributed by atoms with E-state index in [1.54, 1.807) is 0 Å². The molecule has 0 aliphatic heterocycles. The third-order valence-corrected chi connectivity index (χ3v) is 1.69. The molecule has 0 spiro atoms. The van der Waals surface area contributed by atoms with Crippen molar-refractivity contribution in [2.45, 2.75) is 12.5 Å². The first-order valence-corrected chi connectivity index (χ1v) is 4.17. The number of hydrogen-bond donors (Lipinski definition) is 2. The Morgan fingerprint density at radius 1 is 1.64 bits per heavy atom. The van der Waals surface area contributed by atoms with Crippen molar-refractivity contribution >= 4 is 11.8 Å². The molecule has 0 aliphatic rings. The highest BCUT2D eigenvalue weighted by Gasteiger charge is 2.18. The van der Waals surface area contributed by atoms with Crippen molar-refractivity contribution in [1.29, 1.82) is 0 Å². The van der Waals surface area contributed by atoms with Crippen LogP contribution in [0, 0.1) is 12.3 Å². The van der Waals surface area contributed by atoms with Crippen LogP contribution in [0.1, 0.15) is 6.42 Å². The van der Waals surface area contributed by atoms with Gasteiger partial charge in [0.1, 0.15) is 0 Å². The van der Waals surface area contributed by atoms with Crippen LogP contribution >= 0.6 is 0 Å². The van der Waals surface area contributed by atoms with E-state index in [1.165, 1.54) is 19.0 Å². The molecular formula is C9H15N3O2. The van der Waals surface area contributed by atoms with E-state index in [1.807, 2.05) is 0 Å². The molecule has 0 radical (unpaired) electrons. The zero-order chi connectivity index (χ0) is 11.1. The molecule has 0 aromatic heterocycles. The van der Waals surface area contributed by atoms with Crippen molar-refractivity contribution in [3.63, 3.8) is 0 Å². The number of nitrogens with zero attached hydrogens (tertiary/aromatic N) is 1. The number of nitrogens with one attached hydrogen (secondary N) is 1. The fraction of sp³-hybridized carbons (Fsp3) is 0.556. The maximum atomic E-state index is 11.4. The molecule has 0 bridgehead atoms. The lowest BCUT2D eigenvalue weighted by atomic mass is 10.2. The van der Waals surface area contributed by atoms with Gasteiger partial charge in [-0.25, -0.2) is 0 Å². The number of carbonyl (C=O) groups excluding carboxylic acids is 2. The summed E-state index contributed by atoms with van der Waals surface area (Å²) < 4.78 is 0. The summed E-state index contributed by atoms with van der Waals surface area (Å²) in [5.74, 6) is 1.73. The maximum absolute atomic E-state index is 11.4. The lowest BCUT2D eigenvalue weighted by molar-refractivity contribution is -0.135. The lowest BCUT2D eigenvalue weighted by Gasteiger charge is -2.19. The van der Waals surface area contributed by atoms with Gasteiger partial charge in [0, 0.05) is 20.5 Å². The lowest BCUT2D eigenvalue weighted by Crippen LogP contribution is -2.45. The minimum Gasteiger partial charge on any atom is -0.358 e. The first kappa shape index (κ1) is 12.5. The molecule has 5 nitrogen and oxygen atoms in total. The van der Waals surface area contributed by atoms with Crippen molar-refractivity contribution in [1.82, 2.24) is 10.2 Å². The van der Waals surface area contributed by atoms with Gasteiger partial charge in [0.15, 0.2) is 0 Å². The SMILES string of the molecule is C#CCC(N)C(=O)N(C)CC(=O)NC. The third-order valence-electron chi connectivity index (χ3n) is 1.69. The highest BCUT2D eigenvalue weighted by atomic mass is 16.2. The highest BCUT2D eigenvalue weighted by Crippen LogP contribution is 1.93. The number of terminal acetylenes is 1. The van der Waals surface area contributed by atoms with Gasteiger partial charge in [-0.1, -0.05) is 0 Å². The summed E-state index contributed by atoms with van der Waals surface area (Å²) in [5, 5.41) is 2.41. The first-order chi connectivity index (χ1) is 6.52. The molecule has 5 heteroatoms. The van der Waals surface area contributed by atoms with Crippen molar-refractivity contribution in [3.8, 4) is 12.3 Å². The average molecular weight is 197 g/mol. The van der Waals surface area contributed by atoms with Gasteiger partial charge in [-0.15, -0.1) is 12.3 Å². The van der Waals surface area contributed by atoms with Gasteiger partial charge >= 0.3 is 0 Å². The number of rotatable bonds is 4. The first-order valence-electron chi connectivity index (χ1n) is 4.17. The minimum atomic E-state index is -0.727. The van der Waals surface area contributed by atoms with Crippen molar-refractivity contribution in [3.05, 3.63) is 0 Å². The summed E-state index contributed by atoms with van der Waals surface area (Å²) in [5.41, 5.74) is 5.48. The van der Waals surface area contributed by atoms with Crippen molar-refractivity contribution < 1.29 is 9.59 Å². The fourth-order valence-corrected chi connectivity index (χ4v) is 0.870. The van der Waals surface area contributed by atoms with Crippen LogP contribution in [-0.2, 0) is 9.59 Å². The van der Waals surface area contributed by atoms with Gasteiger partial charge in [-0.05, 0) is 0 Å². The number of hydrogen-bond acceptors (Lipinski definition) is 3. The summed E-state index contributed by atoms with van der Waals surface area (Å²) in [6, 6.07) is -0.727.